The molecular formula is C14H18N2O3. The second-order valence-corrected chi connectivity index (χ2v) is 5.59. The number of carbonyl (C=O) groups excluding carboxylic acids is 1. The van der Waals surface area contributed by atoms with Gasteiger partial charge in [0.1, 0.15) is 0 Å². The summed E-state index contributed by atoms with van der Waals surface area (Å²) < 4.78 is 0.580. The number of aliphatic hydroxyl groups excluding tert-OH is 1. The number of hydrogen-bond acceptors (Lipinski definition) is 3. The third kappa shape index (κ3) is 2.08. The molecule has 102 valence electrons. The molecule has 0 radical (unpaired) electrons. The summed E-state index contributed by atoms with van der Waals surface area (Å²) in [7, 11) is 0. The monoisotopic (exact) mass is 262 g/mol. The van der Waals surface area contributed by atoms with Crippen molar-refractivity contribution in [1.82, 2.24) is 5.32 Å². The summed E-state index contributed by atoms with van der Waals surface area (Å²) >= 11 is 0. The van der Waals surface area contributed by atoms with Crippen LogP contribution < -0.4 is 10.0 Å². The van der Waals surface area contributed by atoms with Gasteiger partial charge in [-0.2, -0.15) is 4.73 Å². The summed E-state index contributed by atoms with van der Waals surface area (Å²) in [6, 6.07) is 4.80. The number of rotatable bonds is 3. The summed E-state index contributed by atoms with van der Waals surface area (Å²) in [5.41, 5.74) is 0.113. The van der Waals surface area contributed by atoms with Crippen LogP contribution in [0.15, 0.2) is 24.4 Å². The predicted octanol–water partition coefficient (Wildman–Crippen LogP) is 0.457. The van der Waals surface area contributed by atoms with E-state index in [4.69, 9.17) is 0 Å². The molecule has 5 nitrogen and oxygen atoms in total. The zero-order chi connectivity index (χ0) is 13.4. The number of pyridine rings is 1. The molecule has 0 aliphatic heterocycles. The Balaban J connectivity index is 1.75. The van der Waals surface area contributed by atoms with Crippen molar-refractivity contribution in [2.24, 2.45) is 17.8 Å². The van der Waals surface area contributed by atoms with Gasteiger partial charge < -0.3 is 15.6 Å². The molecule has 2 saturated carbocycles. The van der Waals surface area contributed by atoms with Gasteiger partial charge in [-0.05, 0) is 37.2 Å². The van der Waals surface area contributed by atoms with Gasteiger partial charge in [-0.1, -0.05) is 0 Å². The van der Waals surface area contributed by atoms with Gasteiger partial charge in [0.25, 0.3) is 5.69 Å². The highest BCUT2D eigenvalue weighted by molar-refractivity contribution is 5.91. The molecule has 4 atom stereocenters. The molecule has 3 rings (SSSR count). The molecule has 5 heteroatoms. The van der Waals surface area contributed by atoms with Crippen LogP contribution in [0.2, 0.25) is 0 Å². The first-order valence-corrected chi connectivity index (χ1v) is 6.80. The molecule has 1 amide bonds. The lowest BCUT2D eigenvalue weighted by Gasteiger charge is -2.30. The first-order chi connectivity index (χ1) is 9.20. The van der Waals surface area contributed by atoms with Crippen LogP contribution in [0.4, 0.5) is 0 Å². The molecule has 1 aromatic rings. The zero-order valence-electron chi connectivity index (χ0n) is 10.7. The largest absolute Gasteiger partial charge is 0.618 e. The van der Waals surface area contributed by atoms with E-state index in [1.807, 2.05) is 0 Å². The fourth-order valence-electron chi connectivity index (χ4n) is 3.73. The van der Waals surface area contributed by atoms with Crippen LogP contribution in [0.3, 0.4) is 0 Å². The molecular weight excluding hydrogens is 244 g/mol. The van der Waals surface area contributed by atoms with Gasteiger partial charge in [0.05, 0.1) is 0 Å². The van der Waals surface area contributed by atoms with Crippen molar-refractivity contribution in [1.29, 1.82) is 0 Å². The van der Waals surface area contributed by atoms with Gasteiger partial charge in [-0.15, -0.1) is 0 Å². The van der Waals surface area contributed by atoms with E-state index < -0.39 is 0 Å². The maximum absolute atomic E-state index is 12.1. The molecule has 2 aliphatic rings. The quantitative estimate of drug-likeness (QED) is 0.613. The van der Waals surface area contributed by atoms with Gasteiger partial charge in [-0.3, -0.25) is 4.79 Å². The fourth-order valence-corrected chi connectivity index (χ4v) is 3.73. The zero-order valence-corrected chi connectivity index (χ0v) is 10.7. The van der Waals surface area contributed by atoms with Crippen LogP contribution in [0, 0.1) is 23.0 Å². The van der Waals surface area contributed by atoms with Crippen LogP contribution in [-0.2, 0) is 0 Å². The van der Waals surface area contributed by atoms with Crippen molar-refractivity contribution >= 4 is 5.91 Å². The second kappa shape index (κ2) is 4.81. The highest BCUT2D eigenvalue weighted by Gasteiger charge is 2.48. The smallest absolute Gasteiger partial charge is 0.317 e. The summed E-state index contributed by atoms with van der Waals surface area (Å²) in [4.78, 5) is 12.1. The molecule has 0 saturated heterocycles. The van der Waals surface area contributed by atoms with E-state index in [-0.39, 0.29) is 30.2 Å². The summed E-state index contributed by atoms with van der Waals surface area (Å²) in [5, 5.41) is 24.0. The Hall–Kier alpha value is -1.62. The van der Waals surface area contributed by atoms with Gasteiger partial charge in [0, 0.05) is 30.7 Å². The van der Waals surface area contributed by atoms with Crippen molar-refractivity contribution in [3.8, 4) is 0 Å². The van der Waals surface area contributed by atoms with Crippen molar-refractivity contribution in [3.05, 3.63) is 35.3 Å². The van der Waals surface area contributed by atoms with E-state index in [1.54, 1.807) is 12.1 Å². The molecule has 1 aromatic heterocycles. The number of fused-ring (bicyclic) bond motifs is 2. The van der Waals surface area contributed by atoms with Crippen LogP contribution in [0.5, 0.6) is 0 Å². The Morgan fingerprint density at radius 1 is 1.42 bits per heavy atom. The van der Waals surface area contributed by atoms with Crippen molar-refractivity contribution < 1.29 is 14.6 Å². The lowest BCUT2D eigenvalue weighted by atomic mass is 9.85. The lowest BCUT2D eigenvalue weighted by molar-refractivity contribution is -0.607. The minimum absolute atomic E-state index is 0.0106. The number of aliphatic hydroxyl groups is 1. The third-order valence-corrected chi connectivity index (χ3v) is 4.65. The highest BCUT2D eigenvalue weighted by Crippen LogP contribution is 2.48. The fraction of sp³-hybridized carbons (Fsp3) is 0.571. The first kappa shape index (κ1) is 12.4. The van der Waals surface area contributed by atoms with E-state index in [2.05, 4.69) is 5.32 Å². The maximum atomic E-state index is 12.1. The maximum Gasteiger partial charge on any atom is 0.317 e. The number of amides is 1. The van der Waals surface area contributed by atoms with Gasteiger partial charge in [-0.25, -0.2) is 0 Å². The number of carbonyl (C=O) groups is 1. The first-order valence-electron chi connectivity index (χ1n) is 6.80. The average Bonchev–Trinajstić information content (AvgIpc) is 3.00. The van der Waals surface area contributed by atoms with Crippen molar-refractivity contribution in [3.63, 3.8) is 0 Å². The van der Waals surface area contributed by atoms with Crippen molar-refractivity contribution in [2.75, 3.05) is 6.61 Å². The van der Waals surface area contributed by atoms with E-state index in [0.717, 1.165) is 19.3 Å². The van der Waals surface area contributed by atoms with Crippen LogP contribution >= 0.6 is 0 Å². The highest BCUT2D eigenvalue weighted by atomic mass is 16.5. The van der Waals surface area contributed by atoms with Gasteiger partial charge >= 0.3 is 5.91 Å². The molecule has 2 aliphatic carbocycles. The topological polar surface area (TPSA) is 76.3 Å². The minimum Gasteiger partial charge on any atom is -0.618 e. The second-order valence-electron chi connectivity index (χ2n) is 5.59. The Kier molecular flexibility index (Phi) is 3.14. The number of nitrogens with zero attached hydrogens (tertiary/aromatic N) is 1. The third-order valence-electron chi connectivity index (χ3n) is 4.65. The van der Waals surface area contributed by atoms with Gasteiger partial charge in [0.15, 0.2) is 6.20 Å². The van der Waals surface area contributed by atoms with Crippen LogP contribution in [-0.4, -0.2) is 23.7 Å². The minimum atomic E-state index is -0.341. The van der Waals surface area contributed by atoms with Crippen LogP contribution in [0.1, 0.15) is 29.8 Å². The van der Waals surface area contributed by atoms with E-state index in [1.165, 1.54) is 12.3 Å². The standard InChI is InChI=1S/C14H18N2O3/c17-8-11-9-4-5-10(7-9)13(11)15-14(18)12-3-1-2-6-16(12)19/h1-3,6,9-11,13,17H,4-5,7-8H2,(H,15,18). The molecule has 2 fully saturated rings. The Bertz CT molecular complexity index is 491. The summed E-state index contributed by atoms with van der Waals surface area (Å²) in [5.74, 6) is 0.781. The summed E-state index contributed by atoms with van der Waals surface area (Å²) in [6.07, 6.45) is 4.66. The van der Waals surface area contributed by atoms with E-state index >= 15 is 0 Å². The van der Waals surface area contributed by atoms with Crippen LogP contribution in [0.25, 0.3) is 0 Å². The predicted molar refractivity (Wildman–Crippen MR) is 68.1 cm³/mol. The molecule has 19 heavy (non-hydrogen) atoms. The Labute approximate surface area is 111 Å². The van der Waals surface area contributed by atoms with Crippen molar-refractivity contribution in [2.45, 2.75) is 25.3 Å². The Morgan fingerprint density at radius 3 is 2.95 bits per heavy atom. The average molecular weight is 262 g/mol. The molecule has 2 bridgehead atoms. The van der Waals surface area contributed by atoms with E-state index in [9.17, 15) is 15.1 Å². The lowest BCUT2D eigenvalue weighted by Crippen LogP contribution is -2.48. The molecule has 2 N–H and O–H groups in total. The van der Waals surface area contributed by atoms with E-state index in [0.29, 0.717) is 16.6 Å². The summed E-state index contributed by atoms with van der Waals surface area (Å²) in [6.45, 7) is 0.109. The SMILES string of the molecule is O=C(NC1C2CCC(C2)C1CO)c1cccc[n+]1[O-]. The number of hydrogen-bond donors (Lipinski definition) is 2. The van der Waals surface area contributed by atoms with Gasteiger partial charge in [0.2, 0.25) is 0 Å². The molecule has 4 unspecified atom stereocenters. The number of aromatic nitrogens is 1. The number of nitrogens with one attached hydrogen (secondary N) is 1. The molecule has 0 spiro atoms. The molecule has 1 heterocycles. The molecule has 0 aromatic carbocycles. The Morgan fingerprint density at radius 2 is 2.21 bits per heavy atom. The normalized spacial score (nSPS) is 32.5.